The van der Waals surface area contributed by atoms with Crippen LogP contribution in [0.4, 0.5) is 5.13 Å². The van der Waals surface area contributed by atoms with E-state index in [1.807, 2.05) is 0 Å². The fraction of sp³-hybridized carbons (Fsp3) is 0.190. The van der Waals surface area contributed by atoms with Crippen molar-refractivity contribution in [1.29, 1.82) is 0 Å². The monoisotopic (exact) mass is 421 g/mol. The van der Waals surface area contributed by atoms with E-state index in [9.17, 15) is 14.4 Å². The maximum Gasteiger partial charge on any atom is 0.333 e. The van der Waals surface area contributed by atoms with Gasteiger partial charge in [-0.15, -0.1) is 10.2 Å². The second kappa shape index (κ2) is 8.42. The van der Waals surface area contributed by atoms with Gasteiger partial charge in [0.05, 0.1) is 16.6 Å². The van der Waals surface area contributed by atoms with Gasteiger partial charge >= 0.3 is 5.69 Å². The van der Waals surface area contributed by atoms with Gasteiger partial charge in [-0.25, -0.2) is 9.36 Å². The van der Waals surface area contributed by atoms with Crippen molar-refractivity contribution >= 4 is 33.3 Å². The van der Waals surface area contributed by atoms with Gasteiger partial charge in [-0.1, -0.05) is 42.9 Å². The number of H-pyrrole nitrogens is 1. The summed E-state index contributed by atoms with van der Waals surface area (Å²) in [7, 11) is 0. The van der Waals surface area contributed by atoms with E-state index in [1.165, 1.54) is 23.5 Å². The molecule has 0 saturated carbocycles. The average molecular weight is 421 g/mol. The number of fused-ring (bicyclic) bond motifs is 1. The molecule has 0 aliphatic carbocycles. The first-order chi connectivity index (χ1) is 14.6. The van der Waals surface area contributed by atoms with Gasteiger partial charge in [0.1, 0.15) is 5.01 Å². The van der Waals surface area contributed by atoms with Crippen molar-refractivity contribution in [3.8, 4) is 5.69 Å². The van der Waals surface area contributed by atoms with Gasteiger partial charge in [0, 0.05) is 12.0 Å². The number of carbonyl (C=O) groups is 1. The molecular formula is C21H19N5O3S. The molecule has 0 aliphatic rings. The lowest BCUT2D eigenvalue weighted by Gasteiger charge is -2.07. The summed E-state index contributed by atoms with van der Waals surface area (Å²) in [6.07, 6.45) is 2.90. The molecule has 4 aromatic rings. The molecule has 0 unspecified atom stereocenters. The number of nitrogens with one attached hydrogen (secondary N) is 2. The molecule has 2 heterocycles. The van der Waals surface area contributed by atoms with Gasteiger partial charge in [-0.2, -0.15) is 0 Å². The van der Waals surface area contributed by atoms with E-state index >= 15 is 0 Å². The molecule has 2 N–H and O–H groups in total. The van der Waals surface area contributed by atoms with Gasteiger partial charge < -0.3 is 4.98 Å². The minimum absolute atomic E-state index is 0.297. The van der Waals surface area contributed by atoms with E-state index in [4.69, 9.17) is 0 Å². The molecule has 0 spiro atoms. The summed E-state index contributed by atoms with van der Waals surface area (Å²) in [5.41, 5.74) is 0.0613. The fourth-order valence-electron chi connectivity index (χ4n) is 3.07. The topological polar surface area (TPSA) is 110 Å². The normalized spacial score (nSPS) is 11.0. The van der Waals surface area contributed by atoms with Crippen molar-refractivity contribution in [3.63, 3.8) is 0 Å². The van der Waals surface area contributed by atoms with E-state index in [-0.39, 0.29) is 5.91 Å². The maximum absolute atomic E-state index is 12.8. The summed E-state index contributed by atoms with van der Waals surface area (Å²) >= 11 is 1.34. The predicted molar refractivity (Wildman–Crippen MR) is 117 cm³/mol. The molecule has 2 aromatic carbocycles. The summed E-state index contributed by atoms with van der Waals surface area (Å²) in [5.74, 6) is -0.386. The number of hydrogen-bond donors (Lipinski definition) is 2. The number of rotatable bonds is 6. The van der Waals surface area contributed by atoms with Crippen LogP contribution in [0.25, 0.3) is 16.6 Å². The molecule has 2 aromatic heterocycles. The first kappa shape index (κ1) is 19.7. The molecule has 0 aliphatic heterocycles. The molecule has 0 bridgehead atoms. The fourth-order valence-corrected chi connectivity index (χ4v) is 3.85. The number of amides is 1. The lowest BCUT2D eigenvalue weighted by Crippen LogP contribution is -2.33. The molecule has 4 rings (SSSR count). The van der Waals surface area contributed by atoms with Crippen LogP contribution >= 0.6 is 11.3 Å². The maximum atomic E-state index is 12.8. The predicted octanol–water partition coefficient (Wildman–Crippen LogP) is 3.13. The van der Waals surface area contributed by atoms with Gasteiger partial charge in [-0.05, 0) is 36.8 Å². The lowest BCUT2D eigenvalue weighted by atomic mass is 10.1. The molecule has 0 fully saturated rings. The number of aromatic nitrogens is 4. The van der Waals surface area contributed by atoms with Gasteiger partial charge in [-0.3, -0.25) is 14.9 Å². The summed E-state index contributed by atoms with van der Waals surface area (Å²) in [5, 5.41) is 12.4. The SMILES string of the molecule is CCCCc1nnc(NC(=O)c2ccc3c(=O)n(-c4ccccc4)c(=O)[nH]c3c2)s1. The Morgan fingerprint density at radius 3 is 2.70 bits per heavy atom. The van der Waals surface area contributed by atoms with Crippen molar-refractivity contribution < 1.29 is 4.79 Å². The third-order valence-corrected chi connectivity index (χ3v) is 5.50. The molecule has 9 heteroatoms. The second-order valence-electron chi connectivity index (χ2n) is 6.73. The number of aromatic amines is 1. The summed E-state index contributed by atoms with van der Waals surface area (Å²) < 4.78 is 1.07. The van der Waals surface area contributed by atoms with E-state index in [0.29, 0.717) is 27.3 Å². The van der Waals surface area contributed by atoms with Crippen LogP contribution in [0.1, 0.15) is 35.1 Å². The van der Waals surface area contributed by atoms with Crippen LogP contribution in [-0.4, -0.2) is 25.7 Å². The highest BCUT2D eigenvalue weighted by atomic mass is 32.1. The Balaban J connectivity index is 1.64. The quantitative estimate of drug-likeness (QED) is 0.497. The number of benzene rings is 2. The van der Waals surface area contributed by atoms with Crippen molar-refractivity contribution in [1.82, 2.24) is 19.7 Å². The number of hydrogen-bond acceptors (Lipinski definition) is 6. The Morgan fingerprint density at radius 2 is 1.93 bits per heavy atom. The number of carbonyl (C=O) groups excluding carboxylic acids is 1. The number of para-hydroxylation sites is 1. The highest BCUT2D eigenvalue weighted by Gasteiger charge is 2.14. The van der Waals surface area contributed by atoms with Crippen LogP contribution in [0, 0.1) is 0 Å². The largest absolute Gasteiger partial charge is 0.333 e. The van der Waals surface area contributed by atoms with Gasteiger partial charge in [0.2, 0.25) is 5.13 Å². The van der Waals surface area contributed by atoms with E-state index in [0.717, 1.165) is 28.8 Å². The number of aryl methyl sites for hydroxylation is 1. The Bertz CT molecular complexity index is 1320. The van der Waals surface area contributed by atoms with E-state index < -0.39 is 11.2 Å². The van der Waals surface area contributed by atoms with Crippen LogP contribution in [0.5, 0.6) is 0 Å². The van der Waals surface area contributed by atoms with Gasteiger partial charge in [0.15, 0.2) is 0 Å². The Labute approximate surface area is 175 Å². The van der Waals surface area contributed by atoms with Crippen LogP contribution < -0.4 is 16.6 Å². The smallest absolute Gasteiger partial charge is 0.306 e. The molecule has 30 heavy (non-hydrogen) atoms. The van der Waals surface area contributed by atoms with Crippen molar-refractivity contribution in [2.45, 2.75) is 26.2 Å². The van der Waals surface area contributed by atoms with Gasteiger partial charge in [0.25, 0.3) is 11.5 Å². The Hall–Kier alpha value is -3.59. The average Bonchev–Trinajstić information content (AvgIpc) is 3.19. The van der Waals surface area contributed by atoms with Crippen LogP contribution in [-0.2, 0) is 6.42 Å². The third-order valence-electron chi connectivity index (χ3n) is 4.61. The van der Waals surface area contributed by atoms with Crippen molar-refractivity contribution in [2.75, 3.05) is 5.32 Å². The zero-order valence-corrected chi connectivity index (χ0v) is 17.0. The highest BCUT2D eigenvalue weighted by molar-refractivity contribution is 7.15. The lowest BCUT2D eigenvalue weighted by molar-refractivity contribution is 0.102. The first-order valence-corrected chi connectivity index (χ1v) is 10.4. The molecule has 0 saturated heterocycles. The zero-order valence-electron chi connectivity index (χ0n) is 16.2. The summed E-state index contributed by atoms with van der Waals surface area (Å²) in [4.78, 5) is 40.6. The highest BCUT2D eigenvalue weighted by Crippen LogP contribution is 2.19. The molecule has 152 valence electrons. The number of anilines is 1. The molecular weight excluding hydrogens is 402 g/mol. The molecule has 8 nitrogen and oxygen atoms in total. The number of nitrogens with zero attached hydrogens (tertiary/aromatic N) is 3. The van der Waals surface area contributed by atoms with Crippen molar-refractivity contribution in [2.24, 2.45) is 0 Å². The Morgan fingerprint density at radius 1 is 1.13 bits per heavy atom. The van der Waals surface area contributed by atoms with Crippen LogP contribution in [0.2, 0.25) is 0 Å². The Kier molecular flexibility index (Phi) is 5.53. The van der Waals surface area contributed by atoms with Crippen LogP contribution in [0.15, 0.2) is 58.1 Å². The van der Waals surface area contributed by atoms with Crippen molar-refractivity contribution in [3.05, 3.63) is 79.9 Å². The summed E-state index contributed by atoms with van der Waals surface area (Å²) in [6, 6.07) is 13.2. The second-order valence-corrected chi connectivity index (χ2v) is 7.79. The molecule has 1 amide bonds. The van der Waals surface area contributed by atoms with E-state index in [2.05, 4.69) is 27.4 Å². The van der Waals surface area contributed by atoms with Crippen LogP contribution in [0.3, 0.4) is 0 Å². The minimum atomic E-state index is -0.569. The third kappa shape index (κ3) is 3.92. The first-order valence-electron chi connectivity index (χ1n) is 9.55. The minimum Gasteiger partial charge on any atom is -0.306 e. The number of unbranched alkanes of at least 4 members (excludes halogenated alkanes) is 1. The van der Waals surface area contributed by atoms with E-state index in [1.54, 1.807) is 36.4 Å². The zero-order chi connectivity index (χ0) is 21.1. The standard InChI is InChI=1S/C21H19N5O3S/c1-2-3-9-17-24-25-20(30-17)23-18(27)13-10-11-15-16(12-13)22-21(29)26(19(15)28)14-7-5-4-6-8-14/h4-8,10-12H,2-3,9H2,1H3,(H,22,29)(H,23,25,27). The molecule has 0 radical (unpaired) electrons. The molecule has 0 atom stereocenters. The summed E-state index contributed by atoms with van der Waals surface area (Å²) in [6.45, 7) is 2.10.